The molecule has 1 aliphatic rings. The predicted octanol–water partition coefficient (Wildman–Crippen LogP) is 3.30. The van der Waals surface area contributed by atoms with E-state index in [1.165, 1.54) is 6.20 Å². The lowest BCUT2D eigenvalue weighted by Crippen LogP contribution is -2.41. The van der Waals surface area contributed by atoms with Gasteiger partial charge in [0.05, 0.1) is 36.8 Å². The summed E-state index contributed by atoms with van der Waals surface area (Å²) >= 11 is 0. The lowest BCUT2D eigenvalue weighted by Gasteiger charge is -2.32. The van der Waals surface area contributed by atoms with Crippen LogP contribution < -0.4 is 10.1 Å². The van der Waals surface area contributed by atoms with Gasteiger partial charge in [-0.05, 0) is 31.9 Å². The Morgan fingerprint density at radius 2 is 1.91 bits per heavy atom. The van der Waals surface area contributed by atoms with Crippen LogP contribution in [-0.2, 0) is 9.53 Å². The topological polar surface area (TPSA) is 107 Å². The first-order valence-corrected chi connectivity index (χ1v) is 11.0. The van der Waals surface area contributed by atoms with Crippen molar-refractivity contribution in [1.82, 2.24) is 19.9 Å². The van der Waals surface area contributed by atoms with Crippen LogP contribution in [0.4, 0.5) is 5.69 Å². The smallest absolute Gasteiger partial charge is 0.341 e. The van der Waals surface area contributed by atoms with Gasteiger partial charge in [0.25, 0.3) is 0 Å². The van der Waals surface area contributed by atoms with Crippen molar-refractivity contribution in [3.05, 3.63) is 42.4 Å². The van der Waals surface area contributed by atoms with Gasteiger partial charge in [-0.25, -0.2) is 9.78 Å². The highest BCUT2D eigenvalue weighted by molar-refractivity contribution is 6.05. The monoisotopic (exact) mass is 449 g/mol. The quantitative estimate of drug-likeness (QED) is 0.572. The predicted molar refractivity (Wildman–Crippen MR) is 124 cm³/mol. The van der Waals surface area contributed by atoms with E-state index in [-0.39, 0.29) is 18.6 Å². The summed E-state index contributed by atoms with van der Waals surface area (Å²) in [6.07, 6.45) is 6.48. The molecule has 0 atom stereocenters. The Hall–Kier alpha value is -3.75. The number of anilines is 1. The Morgan fingerprint density at radius 1 is 1.12 bits per heavy atom. The van der Waals surface area contributed by atoms with Gasteiger partial charge in [-0.2, -0.15) is 0 Å². The number of hydrogen-bond donors (Lipinski definition) is 1. The van der Waals surface area contributed by atoms with E-state index >= 15 is 0 Å². The number of carbonyl (C=O) groups excluding carboxylic acids is 2. The minimum atomic E-state index is -0.431. The molecule has 4 heterocycles. The van der Waals surface area contributed by atoms with Gasteiger partial charge in [-0.3, -0.25) is 14.8 Å². The van der Waals surface area contributed by atoms with Crippen molar-refractivity contribution in [3.63, 3.8) is 0 Å². The first-order valence-electron chi connectivity index (χ1n) is 11.0. The molecule has 3 aromatic rings. The van der Waals surface area contributed by atoms with E-state index in [0.717, 1.165) is 23.8 Å². The molecule has 0 radical (unpaired) electrons. The Balaban J connectivity index is 1.73. The second-order valence-corrected chi connectivity index (χ2v) is 7.87. The summed E-state index contributed by atoms with van der Waals surface area (Å²) in [5.74, 6) is 0.170. The summed E-state index contributed by atoms with van der Waals surface area (Å²) in [6.45, 7) is 4.98. The number of carbonyl (C=O) groups is 2. The molecule has 4 rings (SSSR count). The number of pyridine rings is 3. The summed E-state index contributed by atoms with van der Waals surface area (Å²) in [4.78, 5) is 39.5. The third-order valence-electron chi connectivity index (χ3n) is 5.78. The van der Waals surface area contributed by atoms with E-state index in [1.54, 1.807) is 39.4 Å². The Labute approximate surface area is 192 Å². The molecule has 0 saturated carbocycles. The van der Waals surface area contributed by atoms with Crippen molar-refractivity contribution in [1.29, 1.82) is 0 Å². The first-order chi connectivity index (χ1) is 16.0. The molecule has 1 aliphatic heterocycles. The van der Waals surface area contributed by atoms with Gasteiger partial charge < -0.3 is 19.7 Å². The van der Waals surface area contributed by atoms with Gasteiger partial charge >= 0.3 is 5.97 Å². The van der Waals surface area contributed by atoms with Crippen LogP contribution in [0.5, 0.6) is 5.88 Å². The van der Waals surface area contributed by atoms with Gasteiger partial charge in [-0.1, -0.05) is 0 Å². The second kappa shape index (κ2) is 9.81. The summed E-state index contributed by atoms with van der Waals surface area (Å²) in [5.41, 5.74) is 3.24. The molecule has 1 N–H and O–H groups in total. The number of methoxy groups -OCH3 is 1. The zero-order chi connectivity index (χ0) is 23.4. The van der Waals surface area contributed by atoms with Gasteiger partial charge in [0, 0.05) is 55.5 Å². The van der Waals surface area contributed by atoms with Crippen LogP contribution in [0.1, 0.15) is 37.0 Å². The van der Waals surface area contributed by atoms with Gasteiger partial charge in [0.2, 0.25) is 11.8 Å². The third-order valence-corrected chi connectivity index (χ3v) is 5.78. The number of ether oxygens (including phenoxy) is 2. The number of nitrogens with zero attached hydrogens (tertiary/aromatic N) is 4. The zero-order valence-corrected chi connectivity index (χ0v) is 19.0. The number of fused-ring (bicyclic) bond motifs is 1. The molecule has 0 aromatic carbocycles. The van der Waals surface area contributed by atoms with Crippen LogP contribution in [0.25, 0.3) is 22.2 Å². The summed E-state index contributed by atoms with van der Waals surface area (Å²) in [6, 6.07) is 5.67. The molecule has 9 nitrogen and oxygen atoms in total. The van der Waals surface area contributed by atoms with Crippen molar-refractivity contribution in [3.8, 4) is 17.1 Å². The van der Waals surface area contributed by atoms with Crippen molar-refractivity contribution < 1.29 is 19.1 Å². The number of aromatic nitrogens is 3. The molecule has 0 aliphatic carbocycles. The van der Waals surface area contributed by atoms with Crippen molar-refractivity contribution in [2.24, 2.45) is 0 Å². The van der Waals surface area contributed by atoms with Crippen LogP contribution in [0.3, 0.4) is 0 Å². The maximum atomic E-state index is 12.7. The van der Waals surface area contributed by atoms with E-state index in [9.17, 15) is 9.59 Å². The first kappa shape index (κ1) is 22.4. The van der Waals surface area contributed by atoms with E-state index in [1.807, 2.05) is 17.0 Å². The average molecular weight is 450 g/mol. The van der Waals surface area contributed by atoms with E-state index < -0.39 is 5.97 Å². The molecule has 1 saturated heterocycles. The van der Waals surface area contributed by atoms with Gasteiger partial charge in [-0.15, -0.1) is 0 Å². The molecule has 9 heteroatoms. The molecule has 1 amide bonds. The molecule has 172 valence electrons. The van der Waals surface area contributed by atoms with Crippen LogP contribution in [0, 0.1) is 0 Å². The number of piperidine rings is 1. The lowest BCUT2D eigenvalue weighted by atomic mass is 10.0. The number of rotatable bonds is 6. The van der Waals surface area contributed by atoms with Crippen molar-refractivity contribution in [2.45, 2.75) is 32.7 Å². The van der Waals surface area contributed by atoms with Crippen LogP contribution in [0.15, 0.2) is 36.8 Å². The molecule has 0 spiro atoms. The highest BCUT2D eigenvalue weighted by atomic mass is 16.5. The summed E-state index contributed by atoms with van der Waals surface area (Å²) < 4.78 is 10.4. The number of amides is 1. The van der Waals surface area contributed by atoms with Crippen LogP contribution >= 0.6 is 0 Å². The summed E-state index contributed by atoms with van der Waals surface area (Å²) in [7, 11) is 1.57. The van der Waals surface area contributed by atoms with Crippen LogP contribution in [0.2, 0.25) is 0 Å². The number of nitrogens with one attached hydrogen (secondary N) is 1. The summed E-state index contributed by atoms with van der Waals surface area (Å²) in [5, 5.41) is 4.32. The molecular weight excluding hydrogens is 422 g/mol. The minimum Gasteiger partial charge on any atom is -0.481 e. The number of likely N-dealkylation sites (tertiary alicyclic amines) is 1. The van der Waals surface area contributed by atoms with Crippen LogP contribution in [-0.4, -0.2) is 64.6 Å². The Bertz CT molecular complexity index is 1160. The zero-order valence-electron chi connectivity index (χ0n) is 19.0. The van der Waals surface area contributed by atoms with Crippen molar-refractivity contribution >= 4 is 28.5 Å². The van der Waals surface area contributed by atoms with Gasteiger partial charge in [0.1, 0.15) is 5.56 Å². The highest BCUT2D eigenvalue weighted by Gasteiger charge is 2.24. The highest BCUT2D eigenvalue weighted by Crippen LogP contribution is 2.31. The fourth-order valence-electron chi connectivity index (χ4n) is 3.97. The molecule has 33 heavy (non-hydrogen) atoms. The maximum Gasteiger partial charge on any atom is 0.341 e. The molecule has 0 bridgehead atoms. The second-order valence-electron chi connectivity index (χ2n) is 7.87. The number of hydrogen-bond acceptors (Lipinski definition) is 8. The molecule has 1 fully saturated rings. The minimum absolute atomic E-state index is 0.0823. The van der Waals surface area contributed by atoms with Crippen molar-refractivity contribution in [2.75, 3.05) is 32.1 Å². The Morgan fingerprint density at radius 3 is 2.55 bits per heavy atom. The lowest BCUT2D eigenvalue weighted by molar-refractivity contribution is -0.129. The average Bonchev–Trinajstić information content (AvgIpc) is 2.84. The molecular formula is C24H27N5O4. The van der Waals surface area contributed by atoms with E-state index in [2.05, 4.69) is 20.3 Å². The molecule has 3 aromatic heterocycles. The SMILES string of the molecule is CCOC(=O)c1cnc2cnc(-c3ccc(OC)nc3)cc2c1NC1CCN(C(C)=O)CC1. The molecule has 0 unspecified atom stereocenters. The van der Waals surface area contributed by atoms with E-state index in [0.29, 0.717) is 41.4 Å². The fraction of sp³-hybridized carbons (Fsp3) is 0.375. The van der Waals surface area contributed by atoms with Gasteiger partial charge in [0.15, 0.2) is 0 Å². The fourth-order valence-corrected chi connectivity index (χ4v) is 3.97. The normalized spacial score (nSPS) is 14.2. The third kappa shape index (κ3) is 4.87. The Kier molecular flexibility index (Phi) is 6.67. The standard InChI is InChI=1S/C24H27N5O4/c1-4-33-24(31)19-13-25-21-14-26-20(16-5-6-22(32-3)27-12-16)11-18(21)23(19)28-17-7-9-29(10-8-17)15(2)30/h5-6,11-14,17H,4,7-10H2,1-3H3,(H,25,28). The largest absolute Gasteiger partial charge is 0.481 e. The van der Waals surface area contributed by atoms with E-state index in [4.69, 9.17) is 9.47 Å². The maximum absolute atomic E-state index is 12.7. The number of esters is 1.